The van der Waals surface area contributed by atoms with Gasteiger partial charge in [-0.3, -0.25) is 4.90 Å². The Bertz CT molecular complexity index is 850. The van der Waals surface area contributed by atoms with Crippen LogP contribution in [0.15, 0.2) is 41.1 Å². The highest BCUT2D eigenvalue weighted by Gasteiger charge is 2.37. The van der Waals surface area contributed by atoms with Crippen molar-refractivity contribution >= 4 is 0 Å². The molecule has 3 heterocycles. The van der Waals surface area contributed by atoms with E-state index in [0.717, 1.165) is 13.0 Å². The number of β-amino-alcohol motifs (C(OH)–C–C–N with tert-alkyl or cyclic N) is 1. The number of hydrogen-bond donors (Lipinski definition) is 2. The van der Waals surface area contributed by atoms with Crippen LogP contribution in [0.25, 0.3) is 11.3 Å². The molecular formula is C17H18FN5O2. The normalized spacial score (nSPS) is 21.5. The number of aromatic nitrogens is 4. The van der Waals surface area contributed by atoms with Gasteiger partial charge in [0.2, 0.25) is 5.89 Å². The van der Waals surface area contributed by atoms with E-state index < -0.39 is 5.60 Å². The molecule has 1 aliphatic heterocycles. The van der Waals surface area contributed by atoms with E-state index in [0.29, 0.717) is 42.4 Å². The Hall–Kier alpha value is -2.58. The van der Waals surface area contributed by atoms with Crippen molar-refractivity contribution in [3.05, 3.63) is 54.1 Å². The molecule has 2 N–H and O–H groups in total. The number of H-pyrrole nitrogens is 1. The van der Waals surface area contributed by atoms with E-state index >= 15 is 0 Å². The van der Waals surface area contributed by atoms with Crippen LogP contribution in [-0.4, -0.2) is 43.5 Å². The van der Waals surface area contributed by atoms with Gasteiger partial charge in [0.05, 0.1) is 24.5 Å². The van der Waals surface area contributed by atoms with Gasteiger partial charge in [0.25, 0.3) is 0 Å². The van der Waals surface area contributed by atoms with Gasteiger partial charge in [-0.2, -0.15) is 15.4 Å². The molecule has 0 amide bonds. The molecule has 3 aromatic rings. The number of aliphatic hydroxyl groups is 1. The zero-order valence-corrected chi connectivity index (χ0v) is 13.5. The predicted octanol–water partition coefficient (Wildman–Crippen LogP) is 2.08. The van der Waals surface area contributed by atoms with Crippen molar-refractivity contribution in [3.8, 4) is 11.3 Å². The third-order valence-corrected chi connectivity index (χ3v) is 4.49. The highest BCUT2D eigenvalue weighted by molar-refractivity contribution is 5.56. The predicted molar refractivity (Wildman–Crippen MR) is 86.7 cm³/mol. The van der Waals surface area contributed by atoms with Gasteiger partial charge in [-0.05, 0) is 31.5 Å². The lowest BCUT2D eigenvalue weighted by Gasteiger charge is -2.37. The number of nitrogens with one attached hydrogen (secondary N) is 1. The monoisotopic (exact) mass is 343 g/mol. The summed E-state index contributed by atoms with van der Waals surface area (Å²) in [7, 11) is 0. The number of oxazole rings is 1. The van der Waals surface area contributed by atoms with E-state index in [2.05, 4.69) is 25.3 Å². The average molecular weight is 343 g/mol. The molecule has 1 aliphatic rings. The molecule has 1 aromatic carbocycles. The lowest BCUT2D eigenvalue weighted by Crippen LogP contribution is -2.45. The fraction of sp³-hybridized carbons (Fsp3) is 0.353. The van der Waals surface area contributed by atoms with Crippen LogP contribution in [0.3, 0.4) is 0 Å². The van der Waals surface area contributed by atoms with Crippen LogP contribution in [0.5, 0.6) is 0 Å². The first-order valence-electron chi connectivity index (χ1n) is 8.15. The SMILES string of the molecule is OC1(c2cn[nH]n2)CCCN(Cc2ncc(-c3ccccc3F)o2)C1. The summed E-state index contributed by atoms with van der Waals surface area (Å²) in [6.45, 7) is 1.67. The maximum atomic E-state index is 13.9. The number of nitrogens with zero attached hydrogens (tertiary/aromatic N) is 4. The number of piperidine rings is 1. The van der Waals surface area contributed by atoms with Crippen molar-refractivity contribution < 1.29 is 13.9 Å². The molecule has 0 bridgehead atoms. The van der Waals surface area contributed by atoms with Crippen LogP contribution in [0.4, 0.5) is 4.39 Å². The zero-order valence-electron chi connectivity index (χ0n) is 13.5. The highest BCUT2D eigenvalue weighted by atomic mass is 19.1. The first kappa shape index (κ1) is 15.9. The Morgan fingerprint density at radius 1 is 1.32 bits per heavy atom. The number of hydrogen-bond acceptors (Lipinski definition) is 6. The summed E-state index contributed by atoms with van der Waals surface area (Å²) in [4.78, 5) is 6.30. The molecular weight excluding hydrogens is 325 g/mol. The van der Waals surface area contributed by atoms with Crippen LogP contribution in [0, 0.1) is 5.82 Å². The maximum Gasteiger partial charge on any atom is 0.209 e. The van der Waals surface area contributed by atoms with Gasteiger partial charge in [0.15, 0.2) is 5.76 Å². The molecule has 1 fully saturated rings. The molecule has 0 spiro atoms. The molecule has 1 unspecified atom stereocenters. The molecule has 7 nitrogen and oxygen atoms in total. The number of rotatable bonds is 4. The number of benzene rings is 1. The third-order valence-electron chi connectivity index (χ3n) is 4.49. The number of likely N-dealkylation sites (tertiary alicyclic amines) is 1. The maximum absolute atomic E-state index is 13.9. The van der Waals surface area contributed by atoms with Gasteiger partial charge in [0.1, 0.15) is 17.1 Å². The van der Waals surface area contributed by atoms with Gasteiger partial charge in [-0.25, -0.2) is 9.37 Å². The summed E-state index contributed by atoms with van der Waals surface area (Å²) in [5.41, 5.74) is -0.109. The molecule has 4 rings (SSSR count). The fourth-order valence-corrected chi connectivity index (χ4v) is 3.25. The van der Waals surface area contributed by atoms with E-state index in [1.807, 2.05) is 0 Å². The lowest BCUT2D eigenvalue weighted by molar-refractivity contribution is -0.0432. The standard InChI is InChI=1S/C17H18FN5O2/c18-13-5-2-1-4-12(13)14-8-19-16(25-14)10-23-7-3-6-17(24,11-23)15-9-20-22-21-15/h1-2,4-5,8-9,24H,3,6-7,10-11H2,(H,20,21,22). The molecule has 1 atom stereocenters. The summed E-state index contributed by atoms with van der Waals surface area (Å²) in [5, 5.41) is 21.2. The molecule has 130 valence electrons. The second-order valence-electron chi connectivity index (χ2n) is 6.30. The summed E-state index contributed by atoms with van der Waals surface area (Å²) in [5.74, 6) is 0.545. The second kappa shape index (κ2) is 6.38. The average Bonchev–Trinajstić information content (AvgIpc) is 3.27. The Labute approximate surface area is 143 Å². The highest BCUT2D eigenvalue weighted by Crippen LogP contribution is 2.31. The summed E-state index contributed by atoms with van der Waals surface area (Å²) < 4.78 is 19.6. The topological polar surface area (TPSA) is 91.1 Å². The molecule has 1 saturated heterocycles. The Balaban J connectivity index is 1.49. The molecule has 0 saturated carbocycles. The molecule has 0 radical (unpaired) electrons. The van der Waals surface area contributed by atoms with Gasteiger partial charge in [-0.15, -0.1) is 0 Å². The first-order valence-corrected chi connectivity index (χ1v) is 8.15. The van der Waals surface area contributed by atoms with E-state index in [1.54, 1.807) is 24.4 Å². The van der Waals surface area contributed by atoms with Gasteiger partial charge >= 0.3 is 0 Å². The van der Waals surface area contributed by atoms with Crippen molar-refractivity contribution in [2.75, 3.05) is 13.1 Å². The minimum absolute atomic E-state index is 0.344. The van der Waals surface area contributed by atoms with E-state index in [9.17, 15) is 9.50 Å². The minimum Gasteiger partial charge on any atom is -0.439 e. The van der Waals surface area contributed by atoms with Gasteiger partial charge in [-0.1, -0.05) is 12.1 Å². The van der Waals surface area contributed by atoms with Crippen LogP contribution < -0.4 is 0 Å². The molecule has 0 aliphatic carbocycles. The van der Waals surface area contributed by atoms with E-state index in [4.69, 9.17) is 4.42 Å². The van der Waals surface area contributed by atoms with Crippen LogP contribution in [-0.2, 0) is 12.1 Å². The quantitative estimate of drug-likeness (QED) is 0.754. The summed E-state index contributed by atoms with van der Waals surface area (Å²) in [6, 6.07) is 6.43. The number of aromatic amines is 1. The summed E-state index contributed by atoms with van der Waals surface area (Å²) in [6.07, 6.45) is 4.53. The van der Waals surface area contributed by atoms with Crippen LogP contribution in [0.2, 0.25) is 0 Å². The third kappa shape index (κ3) is 3.18. The van der Waals surface area contributed by atoms with Crippen LogP contribution >= 0.6 is 0 Å². The van der Waals surface area contributed by atoms with E-state index in [-0.39, 0.29) is 5.82 Å². The smallest absolute Gasteiger partial charge is 0.209 e. The van der Waals surface area contributed by atoms with Gasteiger partial charge in [0, 0.05) is 6.54 Å². The van der Waals surface area contributed by atoms with Crippen molar-refractivity contribution in [1.29, 1.82) is 0 Å². The van der Waals surface area contributed by atoms with Gasteiger partial charge < -0.3 is 9.52 Å². The Morgan fingerprint density at radius 3 is 3.00 bits per heavy atom. The largest absolute Gasteiger partial charge is 0.439 e. The lowest BCUT2D eigenvalue weighted by atomic mass is 9.90. The minimum atomic E-state index is -1.04. The molecule has 25 heavy (non-hydrogen) atoms. The zero-order chi connectivity index (χ0) is 17.3. The fourth-order valence-electron chi connectivity index (χ4n) is 3.25. The first-order chi connectivity index (χ1) is 12.1. The van der Waals surface area contributed by atoms with Crippen LogP contribution in [0.1, 0.15) is 24.4 Å². The number of halogens is 1. The molecule has 8 heteroatoms. The van der Waals surface area contributed by atoms with Crippen molar-refractivity contribution in [3.63, 3.8) is 0 Å². The molecule has 2 aromatic heterocycles. The summed E-state index contributed by atoms with van der Waals surface area (Å²) >= 11 is 0. The Kier molecular flexibility index (Phi) is 4.06. The Morgan fingerprint density at radius 2 is 2.20 bits per heavy atom. The van der Waals surface area contributed by atoms with Crippen molar-refractivity contribution in [1.82, 2.24) is 25.3 Å². The second-order valence-corrected chi connectivity index (χ2v) is 6.30. The van der Waals surface area contributed by atoms with Crippen molar-refractivity contribution in [2.24, 2.45) is 0 Å². The van der Waals surface area contributed by atoms with Crippen molar-refractivity contribution in [2.45, 2.75) is 25.0 Å². The van der Waals surface area contributed by atoms with E-state index in [1.165, 1.54) is 12.3 Å².